The largest absolute Gasteiger partial charge is 0.497 e. The first-order valence-electron chi connectivity index (χ1n) is 6.86. The molecule has 0 saturated carbocycles. The molecule has 0 spiro atoms. The van der Waals surface area contributed by atoms with Crippen molar-refractivity contribution in [1.82, 2.24) is 5.32 Å². The van der Waals surface area contributed by atoms with Gasteiger partial charge in [-0.05, 0) is 43.3 Å². The molecule has 0 fully saturated rings. The van der Waals surface area contributed by atoms with E-state index in [4.69, 9.17) is 9.15 Å². The fourth-order valence-electron chi connectivity index (χ4n) is 1.93. The van der Waals surface area contributed by atoms with Crippen LogP contribution >= 0.6 is 0 Å². The smallest absolute Gasteiger partial charge is 0.313 e. The van der Waals surface area contributed by atoms with Gasteiger partial charge in [0.1, 0.15) is 11.5 Å². The topological polar surface area (TPSA) is 80.6 Å². The lowest BCUT2D eigenvalue weighted by atomic mass is 10.2. The van der Waals surface area contributed by atoms with Crippen LogP contribution in [0.4, 0.5) is 5.69 Å². The van der Waals surface area contributed by atoms with Crippen LogP contribution in [-0.4, -0.2) is 25.0 Å². The minimum Gasteiger partial charge on any atom is -0.497 e. The van der Waals surface area contributed by atoms with Crippen molar-refractivity contribution in [3.8, 4) is 5.75 Å². The molecule has 2 N–H and O–H groups in total. The normalized spacial score (nSPS) is 11.5. The zero-order chi connectivity index (χ0) is 15.9. The fraction of sp³-hybridized carbons (Fsp3) is 0.250. The number of ether oxygens (including phenoxy) is 1. The highest BCUT2D eigenvalue weighted by molar-refractivity contribution is 6.39. The summed E-state index contributed by atoms with van der Waals surface area (Å²) in [6.45, 7) is 1.81. The van der Waals surface area contributed by atoms with Gasteiger partial charge in [-0.15, -0.1) is 0 Å². The van der Waals surface area contributed by atoms with Gasteiger partial charge in [0.15, 0.2) is 0 Å². The molecule has 22 heavy (non-hydrogen) atoms. The molecule has 0 saturated heterocycles. The lowest BCUT2D eigenvalue weighted by Crippen LogP contribution is -2.41. The molecule has 0 bridgehead atoms. The zero-order valence-electron chi connectivity index (χ0n) is 12.5. The molecule has 1 heterocycles. The second kappa shape index (κ2) is 7.31. The van der Waals surface area contributed by atoms with Crippen LogP contribution in [0.2, 0.25) is 0 Å². The van der Waals surface area contributed by atoms with Gasteiger partial charge in [0.2, 0.25) is 0 Å². The number of carbonyl (C=O) groups excluding carboxylic acids is 2. The third kappa shape index (κ3) is 4.37. The second-order valence-corrected chi connectivity index (χ2v) is 4.84. The highest BCUT2D eigenvalue weighted by Crippen LogP contribution is 2.14. The standard InChI is InChI=1S/C16H18N2O4/c1-11(10-14-4-3-9-22-14)17-15(19)16(20)18-12-5-7-13(21-2)8-6-12/h3-9,11H,10H2,1-2H3,(H,17,19)(H,18,20). The van der Waals surface area contributed by atoms with Crippen LogP contribution in [0.5, 0.6) is 5.75 Å². The molecule has 0 aliphatic carbocycles. The third-order valence-electron chi connectivity index (χ3n) is 3.02. The zero-order valence-corrected chi connectivity index (χ0v) is 12.5. The summed E-state index contributed by atoms with van der Waals surface area (Å²) in [4.78, 5) is 23.7. The van der Waals surface area contributed by atoms with Gasteiger partial charge in [-0.1, -0.05) is 0 Å². The molecule has 1 atom stereocenters. The lowest BCUT2D eigenvalue weighted by molar-refractivity contribution is -0.136. The molecule has 0 radical (unpaired) electrons. The van der Waals surface area contributed by atoms with Crippen molar-refractivity contribution in [3.05, 3.63) is 48.4 Å². The van der Waals surface area contributed by atoms with E-state index in [1.807, 2.05) is 6.07 Å². The molecule has 2 aromatic rings. The van der Waals surface area contributed by atoms with Gasteiger partial charge >= 0.3 is 11.8 Å². The van der Waals surface area contributed by atoms with Gasteiger partial charge in [0, 0.05) is 18.2 Å². The molecule has 0 aliphatic rings. The van der Waals surface area contributed by atoms with Crippen LogP contribution in [0.15, 0.2) is 47.1 Å². The van der Waals surface area contributed by atoms with Gasteiger partial charge in [-0.2, -0.15) is 0 Å². The number of furan rings is 1. The summed E-state index contributed by atoms with van der Waals surface area (Å²) in [5, 5.41) is 5.15. The molecule has 0 aliphatic heterocycles. The monoisotopic (exact) mass is 302 g/mol. The third-order valence-corrected chi connectivity index (χ3v) is 3.02. The maximum Gasteiger partial charge on any atom is 0.313 e. The number of carbonyl (C=O) groups is 2. The van der Waals surface area contributed by atoms with Crippen LogP contribution in [0.1, 0.15) is 12.7 Å². The van der Waals surface area contributed by atoms with Crippen molar-refractivity contribution in [2.45, 2.75) is 19.4 Å². The summed E-state index contributed by atoms with van der Waals surface area (Å²) in [5.74, 6) is 0.0317. The molecule has 2 rings (SSSR count). The van der Waals surface area contributed by atoms with Crippen molar-refractivity contribution < 1.29 is 18.7 Å². The van der Waals surface area contributed by atoms with E-state index >= 15 is 0 Å². The first-order chi connectivity index (χ1) is 10.6. The maximum atomic E-state index is 11.8. The number of anilines is 1. The number of benzene rings is 1. The highest BCUT2D eigenvalue weighted by Gasteiger charge is 2.17. The molecule has 2 amide bonds. The van der Waals surface area contributed by atoms with E-state index in [9.17, 15) is 9.59 Å². The van der Waals surface area contributed by atoms with Gasteiger partial charge in [-0.3, -0.25) is 9.59 Å². The minimum atomic E-state index is -0.712. The number of nitrogens with one attached hydrogen (secondary N) is 2. The van der Waals surface area contributed by atoms with Crippen LogP contribution in [0.3, 0.4) is 0 Å². The molecule has 116 valence electrons. The fourth-order valence-corrected chi connectivity index (χ4v) is 1.93. The molecule has 1 aromatic heterocycles. The van der Waals surface area contributed by atoms with E-state index in [1.54, 1.807) is 50.6 Å². The summed E-state index contributed by atoms with van der Waals surface area (Å²) in [6, 6.07) is 10.1. The molecule has 6 heteroatoms. The Bertz CT molecular complexity index is 620. The highest BCUT2D eigenvalue weighted by atomic mass is 16.5. The Labute approximate surface area is 128 Å². The Kier molecular flexibility index (Phi) is 5.19. The molecular weight excluding hydrogens is 284 g/mol. The van der Waals surface area contributed by atoms with E-state index in [0.29, 0.717) is 17.9 Å². The second-order valence-electron chi connectivity index (χ2n) is 4.84. The van der Waals surface area contributed by atoms with Crippen molar-refractivity contribution >= 4 is 17.5 Å². The Morgan fingerprint density at radius 1 is 1.18 bits per heavy atom. The Morgan fingerprint density at radius 2 is 1.91 bits per heavy atom. The molecule has 6 nitrogen and oxygen atoms in total. The maximum absolute atomic E-state index is 11.8. The Morgan fingerprint density at radius 3 is 2.50 bits per heavy atom. The number of methoxy groups -OCH3 is 1. The molecule has 1 unspecified atom stereocenters. The molecule has 1 aromatic carbocycles. The summed E-state index contributed by atoms with van der Waals surface area (Å²) >= 11 is 0. The summed E-state index contributed by atoms with van der Waals surface area (Å²) < 4.78 is 10.2. The SMILES string of the molecule is COc1ccc(NC(=O)C(=O)NC(C)Cc2ccco2)cc1. The summed E-state index contributed by atoms with van der Waals surface area (Å²) in [7, 11) is 1.56. The van der Waals surface area contributed by atoms with Crippen molar-refractivity contribution in [2.24, 2.45) is 0 Å². The van der Waals surface area contributed by atoms with Gasteiger partial charge in [-0.25, -0.2) is 0 Å². The van der Waals surface area contributed by atoms with Crippen LogP contribution in [-0.2, 0) is 16.0 Å². The van der Waals surface area contributed by atoms with Crippen LogP contribution < -0.4 is 15.4 Å². The van der Waals surface area contributed by atoms with E-state index in [0.717, 1.165) is 5.76 Å². The van der Waals surface area contributed by atoms with E-state index in [-0.39, 0.29) is 6.04 Å². The summed E-state index contributed by atoms with van der Waals surface area (Å²) in [5.41, 5.74) is 0.527. The Balaban J connectivity index is 1.84. The predicted molar refractivity (Wildman–Crippen MR) is 81.6 cm³/mol. The van der Waals surface area contributed by atoms with Crippen molar-refractivity contribution in [3.63, 3.8) is 0 Å². The number of rotatable bonds is 5. The van der Waals surface area contributed by atoms with E-state index in [2.05, 4.69) is 10.6 Å². The predicted octanol–water partition coefficient (Wildman–Crippen LogP) is 1.97. The minimum absolute atomic E-state index is 0.208. The number of hydrogen-bond donors (Lipinski definition) is 2. The first-order valence-corrected chi connectivity index (χ1v) is 6.86. The van der Waals surface area contributed by atoms with Crippen LogP contribution in [0.25, 0.3) is 0 Å². The average Bonchev–Trinajstić information content (AvgIpc) is 3.00. The Hall–Kier alpha value is -2.76. The molecular formula is C16H18N2O4. The quantitative estimate of drug-likeness (QED) is 0.828. The average molecular weight is 302 g/mol. The lowest BCUT2D eigenvalue weighted by Gasteiger charge is -2.12. The van der Waals surface area contributed by atoms with Gasteiger partial charge < -0.3 is 19.8 Å². The van der Waals surface area contributed by atoms with Crippen molar-refractivity contribution in [1.29, 1.82) is 0 Å². The van der Waals surface area contributed by atoms with Crippen molar-refractivity contribution in [2.75, 3.05) is 12.4 Å². The number of hydrogen-bond acceptors (Lipinski definition) is 4. The first kappa shape index (κ1) is 15.6. The van der Waals surface area contributed by atoms with Crippen LogP contribution in [0, 0.1) is 0 Å². The van der Waals surface area contributed by atoms with E-state index < -0.39 is 11.8 Å². The van der Waals surface area contributed by atoms with Gasteiger partial charge in [0.25, 0.3) is 0 Å². The summed E-state index contributed by atoms with van der Waals surface area (Å²) in [6.07, 6.45) is 2.09. The van der Waals surface area contributed by atoms with E-state index in [1.165, 1.54) is 0 Å². The van der Waals surface area contributed by atoms with Gasteiger partial charge in [0.05, 0.1) is 13.4 Å². The number of amides is 2.